The van der Waals surface area contributed by atoms with E-state index >= 15 is 0 Å². The number of carbonyl (C=O) groups is 1. The second kappa shape index (κ2) is 5.36. The number of benzene rings is 1. The van der Waals surface area contributed by atoms with E-state index in [1.54, 1.807) is 0 Å². The first-order valence-electron chi connectivity index (χ1n) is 5.67. The summed E-state index contributed by atoms with van der Waals surface area (Å²) in [5.41, 5.74) is 0.0310. The molecule has 0 fully saturated rings. The van der Waals surface area contributed by atoms with Crippen LogP contribution in [-0.2, 0) is 12.7 Å². The van der Waals surface area contributed by atoms with Crippen LogP contribution in [0.15, 0.2) is 41.3 Å². The topological polar surface area (TPSA) is 46.3 Å². The van der Waals surface area contributed by atoms with E-state index in [4.69, 9.17) is 4.42 Å². The molecule has 0 aliphatic carbocycles. The Morgan fingerprint density at radius 3 is 2.45 bits per heavy atom. The van der Waals surface area contributed by atoms with E-state index in [1.807, 2.05) is 0 Å². The summed E-state index contributed by atoms with van der Waals surface area (Å²) in [4.78, 5) is 16.9. The van der Waals surface area contributed by atoms with Gasteiger partial charge in [0.25, 0.3) is 5.91 Å². The molecule has 1 amide bonds. The van der Waals surface area contributed by atoms with Crippen molar-refractivity contribution in [3.05, 3.63) is 53.7 Å². The first-order chi connectivity index (χ1) is 9.38. The van der Waals surface area contributed by atoms with Crippen LogP contribution in [0, 0.1) is 0 Å². The van der Waals surface area contributed by atoms with Crippen LogP contribution < -0.4 is 0 Å². The van der Waals surface area contributed by atoms with Gasteiger partial charge in [0.15, 0.2) is 12.1 Å². The lowest BCUT2D eigenvalue weighted by molar-refractivity contribution is -0.137. The molecule has 0 radical (unpaired) electrons. The summed E-state index contributed by atoms with van der Waals surface area (Å²) in [5.74, 6) is -0.362. The Labute approximate surface area is 112 Å². The third-order valence-corrected chi connectivity index (χ3v) is 2.70. The van der Waals surface area contributed by atoms with Gasteiger partial charge >= 0.3 is 6.18 Å². The molecular formula is C13H11F3N2O2. The predicted octanol–water partition coefficient (Wildman–Crippen LogP) is 2.97. The summed E-state index contributed by atoms with van der Waals surface area (Å²) in [7, 11) is 1.54. The van der Waals surface area contributed by atoms with Crippen LogP contribution in [0.25, 0.3) is 0 Å². The lowest BCUT2D eigenvalue weighted by Crippen LogP contribution is -2.26. The van der Waals surface area contributed by atoms with Gasteiger partial charge in [0, 0.05) is 13.6 Å². The Hall–Kier alpha value is -2.31. The number of rotatable bonds is 3. The quantitative estimate of drug-likeness (QED) is 0.870. The number of carbonyl (C=O) groups excluding carboxylic acids is 1. The average molecular weight is 284 g/mol. The zero-order valence-electron chi connectivity index (χ0n) is 10.5. The normalized spacial score (nSPS) is 11.4. The van der Waals surface area contributed by atoms with Crippen LogP contribution in [0.5, 0.6) is 0 Å². The summed E-state index contributed by atoms with van der Waals surface area (Å²) in [6.45, 7) is 0.184. The summed E-state index contributed by atoms with van der Waals surface area (Å²) in [5, 5.41) is 0. The van der Waals surface area contributed by atoms with Crippen LogP contribution in [0.1, 0.15) is 21.6 Å². The summed E-state index contributed by atoms with van der Waals surface area (Å²) in [6.07, 6.45) is -2.01. The maximum atomic E-state index is 12.4. The molecule has 0 saturated carbocycles. The molecule has 0 atom stereocenters. The zero-order valence-corrected chi connectivity index (χ0v) is 10.5. The third kappa shape index (κ3) is 3.17. The van der Waals surface area contributed by atoms with Crippen molar-refractivity contribution in [2.24, 2.45) is 0 Å². The van der Waals surface area contributed by atoms with Gasteiger partial charge in [-0.3, -0.25) is 4.79 Å². The monoisotopic (exact) mass is 284 g/mol. The highest BCUT2D eigenvalue weighted by Gasteiger charge is 2.30. The minimum Gasteiger partial charge on any atom is -0.451 e. The van der Waals surface area contributed by atoms with Gasteiger partial charge in [0.2, 0.25) is 0 Å². The molecule has 0 unspecified atom stereocenters. The fraction of sp³-hybridized carbons (Fsp3) is 0.231. The van der Waals surface area contributed by atoms with Gasteiger partial charge in [-0.2, -0.15) is 13.2 Å². The number of nitrogens with zero attached hydrogens (tertiary/aromatic N) is 2. The van der Waals surface area contributed by atoms with E-state index in [0.29, 0.717) is 5.56 Å². The minimum absolute atomic E-state index is 0.152. The fourth-order valence-corrected chi connectivity index (χ4v) is 1.66. The molecule has 1 aromatic carbocycles. The van der Waals surface area contributed by atoms with Gasteiger partial charge in [-0.15, -0.1) is 0 Å². The molecule has 20 heavy (non-hydrogen) atoms. The average Bonchev–Trinajstić information content (AvgIpc) is 2.91. The Kier molecular flexibility index (Phi) is 3.78. The number of oxazole rings is 1. The predicted molar refractivity (Wildman–Crippen MR) is 63.7 cm³/mol. The molecule has 106 valence electrons. The molecule has 2 rings (SSSR count). The highest BCUT2D eigenvalue weighted by molar-refractivity contribution is 5.91. The van der Waals surface area contributed by atoms with Crippen molar-refractivity contribution in [3.8, 4) is 0 Å². The van der Waals surface area contributed by atoms with Gasteiger partial charge < -0.3 is 9.32 Å². The number of amides is 1. The highest BCUT2D eigenvalue weighted by atomic mass is 19.4. The molecule has 2 aromatic rings. The molecule has 1 aromatic heterocycles. The molecule has 0 saturated heterocycles. The molecule has 0 aliphatic rings. The lowest BCUT2D eigenvalue weighted by atomic mass is 10.1. The van der Waals surface area contributed by atoms with Crippen LogP contribution >= 0.6 is 0 Å². The van der Waals surface area contributed by atoms with Gasteiger partial charge in [-0.05, 0) is 17.7 Å². The molecule has 0 N–H and O–H groups in total. The van der Waals surface area contributed by atoms with E-state index < -0.39 is 11.7 Å². The van der Waals surface area contributed by atoms with Crippen LogP contribution in [0.3, 0.4) is 0 Å². The Balaban J connectivity index is 2.05. The number of hydrogen-bond acceptors (Lipinski definition) is 3. The molecule has 1 heterocycles. The first-order valence-corrected chi connectivity index (χ1v) is 5.67. The number of alkyl halides is 3. The Morgan fingerprint density at radius 1 is 1.30 bits per heavy atom. The molecule has 0 bridgehead atoms. The van der Waals surface area contributed by atoms with E-state index in [0.717, 1.165) is 18.5 Å². The minimum atomic E-state index is -4.36. The second-order valence-electron chi connectivity index (χ2n) is 4.23. The third-order valence-electron chi connectivity index (χ3n) is 2.70. The molecule has 0 spiro atoms. The Bertz CT molecular complexity index is 577. The standard InChI is InChI=1S/C13H11F3N2O2/c1-18(12(19)11-7-20-8-17-11)6-9-2-4-10(5-3-9)13(14,15)16/h2-5,7-8H,6H2,1H3. The van der Waals surface area contributed by atoms with Crippen molar-refractivity contribution < 1.29 is 22.4 Å². The SMILES string of the molecule is CN(Cc1ccc(C(F)(F)F)cc1)C(=O)c1cocn1. The molecular weight excluding hydrogens is 273 g/mol. The molecule has 4 nitrogen and oxygen atoms in total. The van der Waals surface area contributed by atoms with Crippen molar-refractivity contribution in [2.75, 3.05) is 7.05 Å². The van der Waals surface area contributed by atoms with Crippen molar-refractivity contribution in [1.82, 2.24) is 9.88 Å². The first kappa shape index (κ1) is 14.1. The van der Waals surface area contributed by atoms with E-state index in [2.05, 4.69) is 4.98 Å². The highest BCUT2D eigenvalue weighted by Crippen LogP contribution is 2.29. The van der Waals surface area contributed by atoms with Crippen molar-refractivity contribution in [2.45, 2.75) is 12.7 Å². The maximum absolute atomic E-state index is 12.4. The van der Waals surface area contributed by atoms with Gasteiger partial charge in [-0.25, -0.2) is 4.98 Å². The zero-order chi connectivity index (χ0) is 14.8. The van der Waals surface area contributed by atoms with Crippen molar-refractivity contribution >= 4 is 5.91 Å². The summed E-state index contributed by atoms with van der Waals surface area (Å²) in [6, 6.07) is 4.66. The van der Waals surface area contributed by atoms with Gasteiger partial charge in [0.05, 0.1) is 5.56 Å². The van der Waals surface area contributed by atoms with Crippen LogP contribution in [-0.4, -0.2) is 22.8 Å². The number of aromatic nitrogens is 1. The van der Waals surface area contributed by atoms with Gasteiger partial charge in [0.1, 0.15) is 6.26 Å². The van der Waals surface area contributed by atoms with Crippen molar-refractivity contribution in [3.63, 3.8) is 0 Å². The van der Waals surface area contributed by atoms with Crippen LogP contribution in [0.4, 0.5) is 13.2 Å². The van der Waals surface area contributed by atoms with E-state index in [1.165, 1.54) is 30.3 Å². The number of halogens is 3. The number of hydrogen-bond donors (Lipinski definition) is 0. The fourth-order valence-electron chi connectivity index (χ4n) is 1.66. The molecule has 7 heteroatoms. The molecule has 0 aliphatic heterocycles. The summed E-state index contributed by atoms with van der Waals surface area (Å²) >= 11 is 0. The smallest absolute Gasteiger partial charge is 0.416 e. The summed E-state index contributed by atoms with van der Waals surface area (Å²) < 4.78 is 41.9. The Morgan fingerprint density at radius 2 is 1.95 bits per heavy atom. The second-order valence-corrected chi connectivity index (χ2v) is 4.23. The van der Waals surface area contributed by atoms with Crippen LogP contribution in [0.2, 0.25) is 0 Å². The van der Waals surface area contributed by atoms with E-state index in [9.17, 15) is 18.0 Å². The van der Waals surface area contributed by atoms with E-state index in [-0.39, 0.29) is 18.1 Å². The van der Waals surface area contributed by atoms with Gasteiger partial charge in [-0.1, -0.05) is 12.1 Å². The maximum Gasteiger partial charge on any atom is 0.416 e. The van der Waals surface area contributed by atoms with Crippen molar-refractivity contribution in [1.29, 1.82) is 0 Å². The largest absolute Gasteiger partial charge is 0.451 e. The lowest BCUT2D eigenvalue weighted by Gasteiger charge is -2.16.